The molecular formula is C114H74N16. The van der Waals surface area contributed by atoms with Crippen molar-refractivity contribution in [2.75, 3.05) is 0 Å². The molecule has 2 aliphatic rings. The third-order valence-corrected chi connectivity index (χ3v) is 26.9. The maximum absolute atomic E-state index is 5.30. The summed E-state index contributed by atoms with van der Waals surface area (Å²) in [6.45, 7) is 9.19. The van der Waals surface area contributed by atoms with E-state index in [1.807, 2.05) is 6.07 Å². The normalized spacial score (nSPS) is 13.0. The van der Waals surface area contributed by atoms with Crippen LogP contribution in [-0.4, -0.2) is 78.1 Å². The Morgan fingerprint density at radius 3 is 0.962 bits per heavy atom. The quantitative estimate of drug-likeness (QED) is 0.148. The van der Waals surface area contributed by atoms with Gasteiger partial charge in [0.25, 0.3) is 0 Å². The van der Waals surface area contributed by atoms with Gasteiger partial charge in [-0.3, -0.25) is 13.7 Å². The lowest BCUT2D eigenvalue weighted by Gasteiger charge is -2.22. The standard InChI is InChI=1S/C40H24N6.2C37H25N5/c1-2-12-28(13-3-1)45-33-16-8-6-14-29(33)31-19-18-27(24-35(31)45)37-38-39(42-21-20-41-38)44-40(43-37)46-34-17-9-7-15-30(34)32-22-25-10-4-5-11-26(25)23-36(32)46;1-37(2)29-13-7-5-11-25(29)26-16-15-24(20-30(26)37)33-34-35(39-18-17-38-34)41-36(40-33)42-31-14-8-6-12-27(31)28-19-22-9-3-4-10-23(22)21-32(28)42;1-37(2)29-13-7-5-11-25(29)27-20-24(15-16-30(27)37)33-34-35(39-18-17-38-34)41-36(40-33)42-31-14-8-6-12-26(31)28-19-22-9-3-4-10-23(22)21-32(28)42/h1-24H;2*3-21H,1-2H3. The van der Waals surface area contributed by atoms with Crippen LogP contribution in [0.4, 0.5) is 0 Å². The lowest BCUT2D eigenvalue weighted by Crippen LogP contribution is -2.15. The van der Waals surface area contributed by atoms with Crippen LogP contribution in [0.3, 0.4) is 0 Å². The molecule has 0 aliphatic heterocycles. The van der Waals surface area contributed by atoms with Crippen LogP contribution in [0.15, 0.2) is 377 Å². The molecule has 10 aromatic heterocycles. The summed E-state index contributed by atoms with van der Waals surface area (Å²) in [5.41, 5.74) is 29.0. The molecule has 0 amide bonds. The average molecular weight is 1670 g/mol. The van der Waals surface area contributed by atoms with Crippen molar-refractivity contribution in [2.45, 2.75) is 38.5 Å². The second-order valence-corrected chi connectivity index (χ2v) is 34.8. The molecular weight excluding hydrogens is 1590 g/mol. The van der Waals surface area contributed by atoms with Crippen molar-refractivity contribution in [3.63, 3.8) is 0 Å². The molecule has 28 rings (SSSR count). The van der Waals surface area contributed by atoms with E-state index in [2.05, 4.69) is 395 Å². The van der Waals surface area contributed by atoms with Gasteiger partial charge in [-0.1, -0.05) is 276 Å². The number of nitrogens with zero attached hydrogens (tertiary/aromatic N) is 16. The van der Waals surface area contributed by atoms with Gasteiger partial charge in [0.05, 0.1) is 44.1 Å². The van der Waals surface area contributed by atoms with E-state index in [9.17, 15) is 0 Å². The number of hydrogen-bond acceptors (Lipinski definition) is 12. The van der Waals surface area contributed by atoms with E-state index in [1.165, 1.54) is 109 Å². The van der Waals surface area contributed by atoms with Crippen LogP contribution in [0, 0.1) is 0 Å². The molecule has 16 heteroatoms. The van der Waals surface area contributed by atoms with E-state index >= 15 is 0 Å². The summed E-state index contributed by atoms with van der Waals surface area (Å²) >= 11 is 0. The number of fused-ring (bicyclic) bond motifs is 24. The molecule has 0 unspecified atom stereocenters. The SMILES string of the molecule is CC1(C)c2ccccc2-c2cc(-c3nc(-n4c5ccccc5c5cc6ccccc6cc54)nc4nccnc34)ccc21.CC1(C)c2ccccc2-c2ccc(-c3nc(-n4c5ccccc5c5cc6ccccc6cc54)nc4nccnc34)cc21.c1ccc(-n2c3ccccc3c3ccc(-c4nc(-n5c6ccccc6c6cc7ccccc7cc65)nc5nccnc45)cc32)cc1. The zero-order chi connectivity index (χ0) is 86.2. The summed E-state index contributed by atoms with van der Waals surface area (Å²) in [6.07, 6.45) is 10.2. The van der Waals surface area contributed by atoms with E-state index in [0.717, 1.165) is 94.4 Å². The lowest BCUT2D eigenvalue weighted by molar-refractivity contribution is 0.660. The number of hydrogen-bond donors (Lipinski definition) is 0. The summed E-state index contributed by atoms with van der Waals surface area (Å²) in [7, 11) is 0. The Morgan fingerprint density at radius 1 is 0.200 bits per heavy atom. The van der Waals surface area contributed by atoms with Crippen molar-refractivity contribution < 1.29 is 0 Å². The van der Waals surface area contributed by atoms with Gasteiger partial charge in [0, 0.05) is 113 Å². The highest BCUT2D eigenvalue weighted by Crippen LogP contribution is 2.53. The maximum Gasteiger partial charge on any atom is 0.237 e. The molecule has 0 atom stereocenters. The number of aromatic nitrogens is 16. The summed E-state index contributed by atoms with van der Waals surface area (Å²) in [4.78, 5) is 59.0. The van der Waals surface area contributed by atoms with E-state index in [4.69, 9.17) is 44.9 Å². The van der Waals surface area contributed by atoms with E-state index in [0.29, 0.717) is 51.3 Å². The van der Waals surface area contributed by atoms with Crippen LogP contribution in [0.25, 0.3) is 233 Å². The van der Waals surface area contributed by atoms with Gasteiger partial charge in [-0.15, -0.1) is 0 Å². The van der Waals surface area contributed by atoms with Gasteiger partial charge in [0.2, 0.25) is 17.8 Å². The molecule has 2 aliphatic carbocycles. The van der Waals surface area contributed by atoms with Gasteiger partial charge >= 0.3 is 0 Å². The highest BCUT2D eigenvalue weighted by molar-refractivity contribution is 6.17. The molecule has 0 spiro atoms. The molecule has 0 N–H and O–H groups in total. The summed E-state index contributed by atoms with van der Waals surface area (Å²) in [5.74, 6) is 1.73. The zero-order valence-electron chi connectivity index (χ0n) is 71.0. The maximum atomic E-state index is 5.30. The first kappa shape index (κ1) is 74.2. The predicted octanol–water partition coefficient (Wildman–Crippen LogP) is 26.7. The monoisotopic (exact) mass is 1670 g/mol. The summed E-state index contributed by atoms with van der Waals surface area (Å²) in [6, 6.07) is 121. The molecule has 0 fully saturated rings. The first-order valence-electron chi connectivity index (χ1n) is 43.8. The zero-order valence-corrected chi connectivity index (χ0v) is 71.0. The van der Waals surface area contributed by atoms with Crippen molar-refractivity contribution >= 4 is 153 Å². The van der Waals surface area contributed by atoms with Crippen LogP contribution in [0.2, 0.25) is 0 Å². The van der Waals surface area contributed by atoms with Crippen LogP contribution in [0.5, 0.6) is 0 Å². The summed E-state index contributed by atoms with van der Waals surface area (Å²) < 4.78 is 8.82. The van der Waals surface area contributed by atoms with Gasteiger partial charge in [0.1, 0.15) is 33.6 Å². The molecule has 130 heavy (non-hydrogen) atoms. The van der Waals surface area contributed by atoms with Crippen molar-refractivity contribution in [3.8, 4) is 79.6 Å². The third-order valence-electron chi connectivity index (χ3n) is 26.9. The minimum atomic E-state index is -0.118. The van der Waals surface area contributed by atoms with Gasteiger partial charge < -0.3 is 4.57 Å². The number of para-hydroxylation sites is 5. The Balaban J connectivity index is 0.000000103. The fourth-order valence-corrected chi connectivity index (χ4v) is 20.8. The Kier molecular flexibility index (Phi) is 16.4. The Hall–Kier alpha value is -17.2. The smallest absolute Gasteiger partial charge is 0.237 e. The minimum absolute atomic E-state index is 0.0606. The van der Waals surface area contributed by atoms with Gasteiger partial charge in [0.15, 0.2) is 16.9 Å². The molecule has 0 bridgehead atoms. The average Bonchev–Trinajstić information content (AvgIpc) is 1.54. The molecule has 610 valence electrons. The first-order chi connectivity index (χ1) is 64.0. The highest BCUT2D eigenvalue weighted by Gasteiger charge is 2.38. The second kappa shape index (κ2) is 28.6. The molecule has 0 saturated carbocycles. The number of rotatable bonds is 7. The third kappa shape index (κ3) is 11.4. The van der Waals surface area contributed by atoms with Crippen LogP contribution in [0.1, 0.15) is 49.9 Å². The molecule has 16 aromatic carbocycles. The molecule has 16 nitrogen and oxygen atoms in total. The molecule has 10 heterocycles. The Morgan fingerprint density at radius 2 is 0.508 bits per heavy atom. The minimum Gasteiger partial charge on any atom is -0.309 e. The van der Waals surface area contributed by atoms with E-state index in [1.54, 1.807) is 37.2 Å². The highest BCUT2D eigenvalue weighted by atomic mass is 15.2. The fraction of sp³-hybridized carbons (Fsp3) is 0.0526. The second-order valence-electron chi connectivity index (χ2n) is 34.8. The molecule has 26 aromatic rings. The van der Waals surface area contributed by atoms with E-state index in [-0.39, 0.29) is 10.8 Å². The molecule has 0 radical (unpaired) electrons. The fourth-order valence-electron chi connectivity index (χ4n) is 20.8. The summed E-state index contributed by atoms with van der Waals surface area (Å²) in [5, 5.41) is 16.5. The Bertz CT molecular complexity index is 9300. The van der Waals surface area contributed by atoms with Crippen LogP contribution < -0.4 is 0 Å². The van der Waals surface area contributed by atoms with Crippen molar-refractivity contribution in [3.05, 3.63) is 399 Å². The van der Waals surface area contributed by atoms with Gasteiger partial charge in [-0.25, -0.2) is 44.9 Å². The Labute approximate surface area is 743 Å². The predicted molar refractivity (Wildman–Crippen MR) is 527 cm³/mol. The lowest BCUT2D eigenvalue weighted by atomic mass is 9.82. The first-order valence-corrected chi connectivity index (χ1v) is 43.8. The topological polar surface area (TPSA) is 174 Å². The van der Waals surface area contributed by atoms with Crippen molar-refractivity contribution in [2.24, 2.45) is 0 Å². The largest absolute Gasteiger partial charge is 0.309 e. The van der Waals surface area contributed by atoms with Crippen LogP contribution in [-0.2, 0) is 10.8 Å². The van der Waals surface area contributed by atoms with Gasteiger partial charge in [-0.05, 0) is 168 Å². The van der Waals surface area contributed by atoms with Crippen LogP contribution >= 0.6 is 0 Å². The van der Waals surface area contributed by atoms with E-state index < -0.39 is 0 Å². The number of benzene rings is 16. The van der Waals surface area contributed by atoms with Crippen molar-refractivity contribution in [1.82, 2.24) is 78.1 Å². The van der Waals surface area contributed by atoms with Gasteiger partial charge in [-0.2, -0.15) is 15.0 Å². The molecule has 0 saturated heterocycles. The van der Waals surface area contributed by atoms with Crippen molar-refractivity contribution in [1.29, 1.82) is 0 Å².